The fraction of sp³-hybridized carbons (Fsp3) is 0.278. The van der Waals surface area contributed by atoms with Crippen molar-refractivity contribution in [2.75, 3.05) is 38.2 Å². The summed E-state index contributed by atoms with van der Waals surface area (Å²) >= 11 is 5.24. The fourth-order valence-corrected chi connectivity index (χ4v) is 3.11. The lowest BCUT2D eigenvalue weighted by Crippen LogP contribution is -2.49. The predicted molar refractivity (Wildman–Crippen MR) is 92.4 cm³/mol. The van der Waals surface area contributed by atoms with Gasteiger partial charge in [0, 0.05) is 31.7 Å². The Morgan fingerprint density at radius 2 is 1.59 bits per heavy atom. The van der Waals surface area contributed by atoms with Gasteiger partial charge < -0.3 is 14.5 Å². The van der Waals surface area contributed by atoms with Gasteiger partial charge in [-0.25, -0.2) is 17.6 Å². The quantitative estimate of drug-likeness (QED) is 0.444. The van der Waals surface area contributed by atoms with Crippen molar-refractivity contribution in [3.63, 3.8) is 0 Å². The molecule has 0 N–H and O–H groups in total. The normalized spacial score (nSPS) is 14.4. The van der Waals surface area contributed by atoms with Gasteiger partial charge in [-0.15, -0.1) is 0 Å². The van der Waals surface area contributed by atoms with Crippen molar-refractivity contribution >= 4 is 23.2 Å². The molecule has 144 valence electrons. The van der Waals surface area contributed by atoms with Crippen LogP contribution in [-0.4, -0.2) is 44.1 Å². The Morgan fingerprint density at radius 1 is 1.00 bits per heavy atom. The lowest BCUT2D eigenvalue weighted by atomic mass is 10.1. The van der Waals surface area contributed by atoms with Gasteiger partial charge in [0.25, 0.3) is 5.91 Å². The van der Waals surface area contributed by atoms with Crippen molar-refractivity contribution in [2.45, 2.75) is 0 Å². The minimum absolute atomic E-state index is 0.00403. The zero-order valence-electron chi connectivity index (χ0n) is 14.2. The maximum atomic E-state index is 14.1. The van der Waals surface area contributed by atoms with Crippen LogP contribution in [0.25, 0.3) is 0 Å². The highest BCUT2D eigenvalue weighted by molar-refractivity contribution is 6.31. The van der Waals surface area contributed by atoms with Gasteiger partial charge in [-0.3, -0.25) is 4.79 Å². The monoisotopic (exact) mass is 402 g/mol. The molecule has 9 heteroatoms. The molecule has 0 bridgehead atoms. The third-order valence-electron chi connectivity index (χ3n) is 4.39. The summed E-state index contributed by atoms with van der Waals surface area (Å²) in [5.41, 5.74) is -0.411. The van der Waals surface area contributed by atoms with Crippen LogP contribution in [0.1, 0.15) is 10.4 Å². The molecule has 3 rings (SSSR count). The van der Waals surface area contributed by atoms with E-state index in [9.17, 15) is 22.4 Å². The van der Waals surface area contributed by atoms with E-state index < -0.39 is 34.0 Å². The largest absolute Gasteiger partial charge is 0.497 e. The van der Waals surface area contributed by atoms with Crippen molar-refractivity contribution in [1.29, 1.82) is 0 Å². The molecule has 0 spiro atoms. The molecule has 2 aromatic carbocycles. The van der Waals surface area contributed by atoms with Crippen LogP contribution in [0, 0.1) is 23.3 Å². The molecule has 2 aromatic rings. The minimum atomic E-state index is -1.64. The average Bonchev–Trinajstić information content (AvgIpc) is 2.71. The molecule has 1 fully saturated rings. The summed E-state index contributed by atoms with van der Waals surface area (Å²) in [5, 5.41) is -1.22. The molecular formula is C18H15ClF4N2O2. The number of carbonyl (C=O) groups excluding carboxylic acids is 1. The van der Waals surface area contributed by atoms with Gasteiger partial charge in [0.05, 0.1) is 7.11 Å². The summed E-state index contributed by atoms with van der Waals surface area (Å²) in [5.74, 6) is -6.13. The second kappa shape index (κ2) is 7.64. The van der Waals surface area contributed by atoms with Gasteiger partial charge in [0.1, 0.15) is 16.5 Å². The lowest BCUT2D eigenvalue weighted by molar-refractivity contribution is 0.0746. The summed E-state index contributed by atoms with van der Waals surface area (Å²) < 4.78 is 60.6. The SMILES string of the molecule is COc1cccc(C(=O)N2CCN(c3c(F)c(F)c(Cl)c(F)c3F)CC2)c1. The van der Waals surface area contributed by atoms with E-state index in [1.165, 1.54) is 12.0 Å². The molecule has 27 heavy (non-hydrogen) atoms. The van der Waals surface area contributed by atoms with Crippen LogP contribution < -0.4 is 9.64 Å². The number of benzene rings is 2. The molecule has 0 aromatic heterocycles. The highest BCUT2D eigenvalue weighted by Crippen LogP contribution is 2.34. The summed E-state index contributed by atoms with van der Waals surface area (Å²) in [6, 6.07) is 6.58. The molecule has 1 aliphatic heterocycles. The number of amides is 1. The molecule has 4 nitrogen and oxygen atoms in total. The van der Waals surface area contributed by atoms with Crippen LogP contribution in [0.2, 0.25) is 5.02 Å². The highest BCUT2D eigenvalue weighted by atomic mass is 35.5. The van der Waals surface area contributed by atoms with Crippen LogP contribution in [0.3, 0.4) is 0 Å². The molecule has 0 unspecified atom stereocenters. The van der Waals surface area contributed by atoms with E-state index in [4.69, 9.17) is 16.3 Å². The van der Waals surface area contributed by atoms with Gasteiger partial charge in [0.15, 0.2) is 23.3 Å². The van der Waals surface area contributed by atoms with E-state index in [-0.39, 0.29) is 32.1 Å². The summed E-state index contributed by atoms with van der Waals surface area (Å²) in [6.07, 6.45) is 0. The van der Waals surface area contributed by atoms with Crippen molar-refractivity contribution in [3.05, 3.63) is 58.1 Å². The van der Waals surface area contributed by atoms with Crippen LogP contribution in [0.15, 0.2) is 24.3 Å². The first-order valence-electron chi connectivity index (χ1n) is 8.04. The van der Waals surface area contributed by atoms with Crippen molar-refractivity contribution in [2.24, 2.45) is 0 Å². The maximum Gasteiger partial charge on any atom is 0.254 e. The summed E-state index contributed by atoms with van der Waals surface area (Å²) in [6.45, 7) is 0.260. The van der Waals surface area contributed by atoms with E-state index in [0.717, 1.165) is 4.90 Å². The van der Waals surface area contributed by atoms with Gasteiger partial charge in [-0.1, -0.05) is 17.7 Å². The predicted octanol–water partition coefficient (Wildman–Crippen LogP) is 3.87. The molecule has 0 atom stereocenters. The smallest absolute Gasteiger partial charge is 0.254 e. The number of nitrogens with zero attached hydrogens (tertiary/aromatic N) is 2. The number of piperazine rings is 1. The van der Waals surface area contributed by atoms with E-state index in [0.29, 0.717) is 11.3 Å². The number of halogens is 5. The second-order valence-electron chi connectivity index (χ2n) is 5.93. The molecule has 0 radical (unpaired) electrons. The van der Waals surface area contributed by atoms with E-state index in [1.807, 2.05) is 0 Å². The molecule has 1 heterocycles. The summed E-state index contributed by atoms with van der Waals surface area (Å²) in [7, 11) is 1.48. The molecule has 0 aliphatic carbocycles. The third-order valence-corrected chi connectivity index (χ3v) is 4.72. The third kappa shape index (κ3) is 3.53. The van der Waals surface area contributed by atoms with E-state index in [2.05, 4.69) is 0 Å². The Bertz CT molecular complexity index is 857. The average molecular weight is 403 g/mol. The zero-order valence-corrected chi connectivity index (χ0v) is 15.0. The molecule has 0 saturated carbocycles. The molecular weight excluding hydrogens is 388 g/mol. The number of rotatable bonds is 3. The van der Waals surface area contributed by atoms with Crippen LogP contribution in [-0.2, 0) is 0 Å². The fourth-order valence-electron chi connectivity index (χ4n) is 2.94. The van der Waals surface area contributed by atoms with Crippen molar-refractivity contribution in [3.8, 4) is 5.75 Å². The Balaban J connectivity index is 1.77. The van der Waals surface area contributed by atoms with Gasteiger partial charge in [-0.2, -0.15) is 0 Å². The number of anilines is 1. The number of ether oxygens (including phenoxy) is 1. The molecule has 1 aliphatic rings. The Kier molecular flexibility index (Phi) is 5.46. The van der Waals surface area contributed by atoms with Gasteiger partial charge in [-0.05, 0) is 18.2 Å². The maximum absolute atomic E-state index is 14.1. The Hall–Kier alpha value is -2.48. The second-order valence-corrected chi connectivity index (χ2v) is 6.31. The van der Waals surface area contributed by atoms with Crippen molar-refractivity contribution < 1.29 is 27.1 Å². The first-order chi connectivity index (χ1) is 12.8. The number of methoxy groups -OCH3 is 1. The Morgan fingerprint density at radius 3 is 2.15 bits per heavy atom. The van der Waals surface area contributed by atoms with Crippen LogP contribution in [0.5, 0.6) is 5.75 Å². The highest BCUT2D eigenvalue weighted by Gasteiger charge is 2.31. The first kappa shape index (κ1) is 19.3. The van der Waals surface area contributed by atoms with Crippen LogP contribution in [0.4, 0.5) is 23.2 Å². The van der Waals surface area contributed by atoms with E-state index in [1.54, 1.807) is 24.3 Å². The standard InChI is InChI=1S/C18H15ClF4N2O2/c1-27-11-4-2-3-10(9-11)18(26)25-7-5-24(6-8-25)17-15(22)13(20)12(19)14(21)16(17)23/h2-4,9H,5-8H2,1H3. The molecule has 1 amide bonds. The van der Waals surface area contributed by atoms with E-state index >= 15 is 0 Å². The van der Waals surface area contributed by atoms with Crippen molar-refractivity contribution in [1.82, 2.24) is 4.90 Å². The van der Waals surface area contributed by atoms with Gasteiger partial charge >= 0.3 is 0 Å². The summed E-state index contributed by atoms with van der Waals surface area (Å²) in [4.78, 5) is 15.2. The number of hydrogen-bond donors (Lipinski definition) is 0. The number of hydrogen-bond acceptors (Lipinski definition) is 3. The number of carbonyl (C=O) groups is 1. The Labute approximate surface area is 157 Å². The first-order valence-corrected chi connectivity index (χ1v) is 8.42. The molecule has 1 saturated heterocycles. The van der Waals surface area contributed by atoms with Gasteiger partial charge in [0.2, 0.25) is 0 Å². The topological polar surface area (TPSA) is 32.8 Å². The van der Waals surface area contributed by atoms with Crippen LogP contribution >= 0.6 is 11.6 Å². The zero-order chi connectivity index (χ0) is 19.7. The minimum Gasteiger partial charge on any atom is -0.497 e. The lowest BCUT2D eigenvalue weighted by Gasteiger charge is -2.36.